The molecular formula is C17H34N2O. The Kier molecular flexibility index (Phi) is 9.73. The van der Waals surface area contributed by atoms with Crippen LogP contribution in [-0.4, -0.2) is 18.5 Å². The van der Waals surface area contributed by atoms with Gasteiger partial charge in [-0.1, -0.05) is 39.0 Å². The molecule has 0 atom stereocenters. The van der Waals surface area contributed by atoms with Gasteiger partial charge in [0.2, 0.25) is 5.91 Å². The maximum absolute atomic E-state index is 11.7. The number of unbranched alkanes of at least 4 members (excludes halogenated alkanes) is 5. The van der Waals surface area contributed by atoms with Crippen molar-refractivity contribution in [2.45, 2.75) is 90.0 Å². The highest BCUT2D eigenvalue weighted by atomic mass is 16.1. The molecule has 1 saturated carbocycles. The highest BCUT2D eigenvalue weighted by Crippen LogP contribution is 2.26. The van der Waals surface area contributed by atoms with E-state index in [1.54, 1.807) is 0 Å². The minimum atomic E-state index is 0.244. The van der Waals surface area contributed by atoms with Crippen molar-refractivity contribution < 1.29 is 4.79 Å². The first-order valence-electron chi connectivity index (χ1n) is 8.74. The molecule has 0 aliphatic heterocycles. The quantitative estimate of drug-likeness (QED) is 0.599. The second kappa shape index (κ2) is 11.1. The van der Waals surface area contributed by atoms with Gasteiger partial charge >= 0.3 is 0 Å². The summed E-state index contributed by atoms with van der Waals surface area (Å²) in [7, 11) is 0. The summed E-state index contributed by atoms with van der Waals surface area (Å²) in [6, 6.07) is 0.410. The fraction of sp³-hybridized carbons (Fsp3) is 0.941. The topological polar surface area (TPSA) is 55.1 Å². The van der Waals surface area contributed by atoms with E-state index in [1.165, 1.54) is 44.9 Å². The summed E-state index contributed by atoms with van der Waals surface area (Å²) < 4.78 is 0. The molecule has 0 saturated heterocycles. The second-order valence-corrected chi connectivity index (χ2v) is 6.44. The molecule has 0 aromatic carbocycles. The molecule has 0 aromatic rings. The first-order chi connectivity index (χ1) is 9.72. The van der Waals surface area contributed by atoms with E-state index in [0.29, 0.717) is 12.5 Å². The van der Waals surface area contributed by atoms with Crippen LogP contribution >= 0.6 is 0 Å². The highest BCUT2D eigenvalue weighted by molar-refractivity contribution is 5.75. The van der Waals surface area contributed by atoms with Crippen LogP contribution in [-0.2, 0) is 4.79 Å². The van der Waals surface area contributed by atoms with Crippen LogP contribution in [0.5, 0.6) is 0 Å². The maximum atomic E-state index is 11.7. The van der Waals surface area contributed by atoms with E-state index in [1.807, 2.05) is 0 Å². The van der Waals surface area contributed by atoms with Crippen molar-refractivity contribution in [3.63, 3.8) is 0 Å². The average molecular weight is 282 g/mol. The molecule has 3 heteroatoms. The van der Waals surface area contributed by atoms with Gasteiger partial charge in [-0.05, 0) is 44.4 Å². The van der Waals surface area contributed by atoms with E-state index >= 15 is 0 Å². The lowest BCUT2D eigenvalue weighted by atomic mass is 9.84. The summed E-state index contributed by atoms with van der Waals surface area (Å²) in [5.74, 6) is 0.975. The van der Waals surface area contributed by atoms with Gasteiger partial charge in [-0.3, -0.25) is 4.79 Å². The third kappa shape index (κ3) is 8.57. The van der Waals surface area contributed by atoms with Crippen LogP contribution in [0.25, 0.3) is 0 Å². The lowest BCUT2D eigenvalue weighted by molar-refractivity contribution is -0.121. The van der Waals surface area contributed by atoms with Crippen LogP contribution in [0.2, 0.25) is 0 Å². The maximum Gasteiger partial charge on any atom is 0.220 e. The van der Waals surface area contributed by atoms with Gasteiger partial charge in [-0.2, -0.15) is 0 Å². The Balaban J connectivity index is 1.90. The van der Waals surface area contributed by atoms with Crippen LogP contribution in [0.15, 0.2) is 0 Å². The molecule has 1 amide bonds. The van der Waals surface area contributed by atoms with Gasteiger partial charge < -0.3 is 11.1 Å². The summed E-state index contributed by atoms with van der Waals surface area (Å²) in [5, 5.41) is 3.06. The summed E-state index contributed by atoms with van der Waals surface area (Å²) >= 11 is 0. The Morgan fingerprint density at radius 2 is 1.70 bits per heavy atom. The van der Waals surface area contributed by atoms with Crippen LogP contribution in [0.4, 0.5) is 0 Å². The molecule has 20 heavy (non-hydrogen) atoms. The van der Waals surface area contributed by atoms with E-state index in [-0.39, 0.29) is 5.91 Å². The molecule has 0 unspecified atom stereocenters. The van der Waals surface area contributed by atoms with E-state index in [4.69, 9.17) is 5.73 Å². The molecule has 0 radical (unpaired) electrons. The number of amides is 1. The predicted octanol–water partition coefficient (Wildman–Crippen LogP) is 3.76. The summed E-state index contributed by atoms with van der Waals surface area (Å²) in [5.41, 5.74) is 5.90. The summed E-state index contributed by atoms with van der Waals surface area (Å²) in [6.07, 6.45) is 14.1. The van der Waals surface area contributed by atoms with E-state index < -0.39 is 0 Å². The normalized spacial score (nSPS) is 22.7. The van der Waals surface area contributed by atoms with Crippen molar-refractivity contribution in [1.29, 1.82) is 0 Å². The SMILES string of the molecule is CCCCCCCCNC(=O)CCC1CCC(N)CC1. The van der Waals surface area contributed by atoms with Crippen molar-refractivity contribution in [3.05, 3.63) is 0 Å². The molecule has 1 rings (SSSR count). The van der Waals surface area contributed by atoms with Gasteiger partial charge in [0, 0.05) is 19.0 Å². The molecular weight excluding hydrogens is 248 g/mol. The number of rotatable bonds is 10. The van der Waals surface area contributed by atoms with Gasteiger partial charge in [-0.15, -0.1) is 0 Å². The molecule has 0 spiro atoms. The Hall–Kier alpha value is -0.570. The van der Waals surface area contributed by atoms with E-state index in [2.05, 4.69) is 12.2 Å². The second-order valence-electron chi connectivity index (χ2n) is 6.44. The van der Waals surface area contributed by atoms with Crippen LogP contribution in [0, 0.1) is 5.92 Å². The zero-order chi connectivity index (χ0) is 14.6. The third-order valence-electron chi connectivity index (χ3n) is 4.52. The monoisotopic (exact) mass is 282 g/mol. The van der Waals surface area contributed by atoms with Crippen LogP contribution < -0.4 is 11.1 Å². The highest BCUT2D eigenvalue weighted by Gasteiger charge is 2.18. The zero-order valence-electron chi connectivity index (χ0n) is 13.3. The Morgan fingerprint density at radius 3 is 2.40 bits per heavy atom. The number of carbonyl (C=O) groups excluding carboxylic acids is 1. The molecule has 118 valence electrons. The Bertz CT molecular complexity index is 247. The third-order valence-corrected chi connectivity index (χ3v) is 4.52. The van der Waals surface area contributed by atoms with E-state index in [0.717, 1.165) is 38.1 Å². The van der Waals surface area contributed by atoms with Gasteiger partial charge in [0.15, 0.2) is 0 Å². The lowest BCUT2D eigenvalue weighted by Gasteiger charge is -2.25. The van der Waals surface area contributed by atoms with Crippen molar-refractivity contribution in [2.75, 3.05) is 6.54 Å². The zero-order valence-corrected chi connectivity index (χ0v) is 13.3. The number of carbonyl (C=O) groups is 1. The molecule has 3 N–H and O–H groups in total. The molecule has 0 heterocycles. The number of hydrogen-bond acceptors (Lipinski definition) is 2. The number of hydrogen-bond donors (Lipinski definition) is 2. The van der Waals surface area contributed by atoms with Crippen molar-refractivity contribution in [3.8, 4) is 0 Å². The standard InChI is InChI=1S/C17H34N2O/c1-2-3-4-5-6-7-14-19-17(20)13-10-15-8-11-16(18)12-9-15/h15-16H,2-14,18H2,1H3,(H,19,20). The number of nitrogens with one attached hydrogen (secondary N) is 1. The van der Waals surface area contributed by atoms with Crippen molar-refractivity contribution in [1.82, 2.24) is 5.32 Å². The van der Waals surface area contributed by atoms with Gasteiger partial charge in [0.25, 0.3) is 0 Å². The predicted molar refractivity (Wildman–Crippen MR) is 85.6 cm³/mol. The Morgan fingerprint density at radius 1 is 1.05 bits per heavy atom. The fourth-order valence-electron chi connectivity index (χ4n) is 3.03. The van der Waals surface area contributed by atoms with E-state index in [9.17, 15) is 4.79 Å². The molecule has 0 bridgehead atoms. The lowest BCUT2D eigenvalue weighted by Crippen LogP contribution is -2.28. The largest absolute Gasteiger partial charge is 0.356 e. The van der Waals surface area contributed by atoms with Crippen LogP contribution in [0.1, 0.15) is 84.0 Å². The van der Waals surface area contributed by atoms with Crippen LogP contribution in [0.3, 0.4) is 0 Å². The van der Waals surface area contributed by atoms with Gasteiger partial charge in [0.1, 0.15) is 0 Å². The summed E-state index contributed by atoms with van der Waals surface area (Å²) in [6.45, 7) is 3.10. The smallest absolute Gasteiger partial charge is 0.220 e. The Labute approximate surface area is 125 Å². The molecule has 0 aromatic heterocycles. The molecule has 1 aliphatic carbocycles. The first-order valence-corrected chi connectivity index (χ1v) is 8.74. The minimum Gasteiger partial charge on any atom is -0.356 e. The average Bonchev–Trinajstić information content (AvgIpc) is 2.46. The molecule has 3 nitrogen and oxygen atoms in total. The minimum absolute atomic E-state index is 0.244. The fourth-order valence-corrected chi connectivity index (χ4v) is 3.03. The first kappa shape index (κ1) is 17.5. The van der Waals surface area contributed by atoms with Crippen molar-refractivity contribution in [2.24, 2.45) is 11.7 Å². The molecule has 1 aliphatic rings. The van der Waals surface area contributed by atoms with Crippen molar-refractivity contribution >= 4 is 5.91 Å². The van der Waals surface area contributed by atoms with Gasteiger partial charge in [-0.25, -0.2) is 0 Å². The summed E-state index contributed by atoms with van der Waals surface area (Å²) in [4.78, 5) is 11.7. The van der Waals surface area contributed by atoms with Gasteiger partial charge in [0.05, 0.1) is 0 Å². The number of nitrogens with two attached hydrogens (primary N) is 1. The molecule has 1 fully saturated rings.